The number of H-pyrrole nitrogens is 2. The lowest BCUT2D eigenvalue weighted by atomic mass is 10.1. The zero-order chi connectivity index (χ0) is 37.7. The Morgan fingerprint density at radius 2 is 1.04 bits per heavy atom. The van der Waals surface area contributed by atoms with E-state index in [1.165, 1.54) is 0 Å². The van der Waals surface area contributed by atoms with E-state index in [2.05, 4.69) is 35.8 Å². The van der Waals surface area contributed by atoms with Crippen LogP contribution >= 0.6 is 0 Å². The number of fused-ring (bicyclic) bond motifs is 14. The Bertz CT molecular complexity index is 2330. The van der Waals surface area contributed by atoms with E-state index in [-0.39, 0.29) is 0 Å². The van der Waals surface area contributed by atoms with Gasteiger partial charge in [0.2, 0.25) is 0 Å². The van der Waals surface area contributed by atoms with Gasteiger partial charge in [-0.15, -0.1) is 0 Å². The molecule has 9 nitrogen and oxygen atoms in total. The number of rotatable bonds is 4. The first kappa shape index (κ1) is 39.2. The minimum atomic E-state index is 0.419. The lowest BCUT2D eigenvalue weighted by Gasteiger charge is -1.98. The van der Waals surface area contributed by atoms with Gasteiger partial charge in [0.1, 0.15) is 22.6 Å². The molecule has 5 heterocycles. The van der Waals surface area contributed by atoms with E-state index in [9.17, 15) is 5.26 Å². The normalized spacial score (nSPS) is 10.9. The van der Waals surface area contributed by atoms with Gasteiger partial charge < -0.3 is 9.97 Å². The molecule has 3 aromatic heterocycles. The smallest absolute Gasteiger partial charge is 0.164 e. The molecule has 0 unspecified atom stereocenters. The summed E-state index contributed by atoms with van der Waals surface area (Å²) >= 11 is 0. The van der Waals surface area contributed by atoms with Gasteiger partial charge in [0, 0.05) is 44.2 Å². The third-order valence-corrected chi connectivity index (χ3v) is 7.35. The summed E-state index contributed by atoms with van der Waals surface area (Å²) in [5.74, 6) is 1.76. The van der Waals surface area contributed by atoms with E-state index >= 15 is 0 Å². The molecule has 9 heteroatoms. The molecule has 0 amide bonds. The van der Waals surface area contributed by atoms with Gasteiger partial charge in [0.05, 0.1) is 11.6 Å². The maximum absolute atomic E-state index is 9.64. The van der Waals surface area contributed by atoms with Gasteiger partial charge in [-0.05, 0) is 25.1 Å². The number of benzene rings is 2. The standard InChI is InChI=1S/C34H23N9.4C2H6/c1-5-11-22-21(8-4)29-37-27-19(6-2)20(7-3)28(36-27)38-31-23-12-9-10-13-24(23)32(40-31)41-33-25-15-14-18(17-35)16-26(25)34(43-33)42-30(22)39-29;4*1-2/h5-16H,2-4H2,1H3,(H2,36,37,38,39,40,41,42,43);4*1-2H3/b11-5-;;;;. The fourth-order valence-electron chi connectivity index (χ4n) is 5.38. The largest absolute Gasteiger partial charge is 0.324 e. The highest BCUT2D eigenvalue weighted by Crippen LogP contribution is 2.36. The Balaban J connectivity index is 0.000000822. The number of aromatic nitrogens is 8. The van der Waals surface area contributed by atoms with Crippen molar-refractivity contribution in [2.75, 3.05) is 0 Å². The molecule has 51 heavy (non-hydrogen) atoms. The third kappa shape index (κ3) is 7.51. The number of allylic oxidation sites excluding steroid dienone is 5. The molecule has 2 aliphatic rings. The summed E-state index contributed by atoms with van der Waals surface area (Å²) in [5, 5.41) is 11.4. The van der Waals surface area contributed by atoms with Crippen LogP contribution in [-0.2, 0) is 0 Å². The van der Waals surface area contributed by atoms with Crippen LogP contribution in [0.15, 0.2) is 80.4 Å². The summed E-state index contributed by atoms with van der Waals surface area (Å²) in [4.78, 5) is 36.2. The summed E-state index contributed by atoms with van der Waals surface area (Å²) < 4.78 is 0. The van der Waals surface area contributed by atoms with Crippen LogP contribution in [0.5, 0.6) is 0 Å². The van der Waals surface area contributed by atoms with Gasteiger partial charge in [-0.25, -0.2) is 29.9 Å². The molecular weight excluding hydrogens is 631 g/mol. The maximum atomic E-state index is 9.64. The Kier molecular flexibility index (Phi) is 14.2. The average molecular weight is 678 g/mol. The predicted octanol–water partition coefficient (Wildman–Crippen LogP) is 11.3. The molecule has 0 radical (unpaired) electrons. The fourth-order valence-corrected chi connectivity index (χ4v) is 5.38. The first-order valence-corrected chi connectivity index (χ1v) is 17.5. The average Bonchev–Trinajstić information content (AvgIpc) is 3.92. The van der Waals surface area contributed by atoms with Crippen molar-refractivity contribution in [1.29, 1.82) is 5.26 Å². The molecule has 260 valence electrons. The molecule has 0 fully saturated rings. The zero-order valence-electron chi connectivity index (χ0n) is 31.2. The molecule has 8 bridgehead atoms. The molecule has 2 aliphatic heterocycles. The van der Waals surface area contributed by atoms with E-state index in [0.29, 0.717) is 68.2 Å². The second kappa shape index (κ2) is 18.5. The topological polar surface area (TPSA) is 133 Å². The van der Waals surface area contributed by atoms with Crippen molar-refractivity contribution in [3.8, 4) is 28.8 Å². The van der Waals surface area contributed by atoms with Crippen molar-refractivity contribution in [2.45, 2.75) is 62.3 Å². The number of nitrogens with one attached hydrogen (secondary N) is 2. The fraction of sp³-hybridized carbons (Fsp3) is 0.214. The highest BCUT2D eigenvalue weighted by molar-refractivity contribution is 6.05. The van der Waals surface area contributed by atoms with Crippen molar-refractivity contribution in [2.24, 2.45) is 0 Å². The first-order chi connectivity index (χ1) is 25.1. The summed E-state index contributed by atoms with van der Waals surface area (Å²) in [7, 11) is 0. The van der Waals surface area contributed by atoms with Crippen LogP contribution in [0.4, 0.5) is 0 Å². The second-order valence-corrected chi connectivity index (χ2v) is 9.79. The van der Waals surface area contributed by atoms with Crippen LogP contribution in [0.1, 0.15) is 90.7 Å². The quantitative estimate of drug-likeness (QED) is 0.190. The van der Waals surface area contributed by atoms with Crippen molar-refractivity contribution in [3.05, 3.63) is 109 Å². The van der Waals surface area contributed by atoms with Crippen LogP contribution in [0, 0.1) is 11.3 Å². The molecule has 0 saturated heterocycles. The van der Waals surface area contributed by atoms with Crippen molar-refractivity contribution < 1.29 is 0 Å². The van der Waals surface area contributed by atoms with E-state index in [1.54, 1.807) is 30.4 Å². The minimum absolute atomic E-state index is 0.419. The van der Waals surface area contributed by atoms with E-state index in [0.717, 1.165) is 27.5 Å². The molecule has 0 spiro atoms. The van der Waals surface area contributed by atoms with E-state index in [1.807, 2.05) is 105 Å². The van der Waals surface area contributed by atoms with Gasteiger partial charge in [-0.2, -0.15) is 5.26 Å². The number of hydrogen-bond acceptors (Lipinski definition) is 7. The minimum Gasteiger partial charge on any atom is -0.324 e. The highest BCUT2D eigenvalue weighted by Gasteiger charge is 2.23. The summed E-state index contributed by atoms with van der Waals surface area (Å²) in [6.07, 6.45) is 8.99. The number of hydrogen-bond donors (Lipinski definition) is 2. The van der Waals surface area contributed by atoms with Crippen LogP contribution in [0.3, 0.4) is 0 Å². The summed E-state index contributed by atoms with van der Waals surface area (Å²) in [5.41, 5.74) is 7.12. The highest BCUT2D eigenvalue weighted by atomic mass is 15.1. The first-order valence-electron chi connectivity index (χ1n) is 17.5. The van der Waals surface area contributed by atoms with Gasteiger partial charge in [-0.1, -0.05) is 130 Å². The van der Waals surface area contributed by atoms with E-state index in [4.69, 9.17) is 29.9 Å². The van der Waals surface area contributed by atoms with Crippen LogP contribution in [0.2, 0.25) is 0 Å². The number of nitriles is 1. The molecule has 2 N–H and O–H groups in total. The molecule has 0 aliphatic carbocycles. The summed E-state index contributed by atoms with van der Waals surface area (Å²) in [6, 6.07) is 15.4. The Morgan fingerprint density at radius 3 is 1.57 bits per heavy atom. The third-order valence-electron chi connectivity index (χ3n) is 7.35. The van der Waals surface area contributed by atoms with Crippen molar-refractivity contribution >= 4 is 56.7 Å². The number of aromatic amines is 2. The number of nitrogens with zero attached hydrogens (tertiary/aromatic N) is 7. The van der Waals surface area contributed by atoms with Crippen molar-refractivity contribution in [1.82, 2.24) is 39.9 Å². The lowest BCUT2D eigenvalue weighted by Crippen LogP contribution is -1.87. The monoisotopic (exact) mass is 677 g/mol. The second-order valence-electron chi connectivity index (χ2n) is 9.79. The SMILES string of the molecule is C=CC1=C(C=C)c2nc1nc1[nH]c(nc3nc(nc4[nH]c(n2)c2ccccc42)-c2ccc(C#N)cc2-3)c(/C=C\C)c1C=C.CC.CC.CC.CC. The lowest BCUT2D eigenvalue weighted by molar-refractivity contribution is 1.12. The predicted molar refractivity (Wildman–Crippen MR) is 216 cm³/mol. The van der Waals surface area contributed by atoms with Gasteiger partial charge in [0.15, 0.2) is 23.3 Å². The summed E-state index contributed by atoms with van der Waals surface area (Å²) in [6.45, 7) is 30.0. The molecule has 5 aromatic rings. The van der Waals surface area contributed by atoms with E-state index < -0.39 is 0 Å². The Hall–Kier alpha value is -6.27. The van der Waals surface area contributed by atoms with Crippen LogP contribution < -0.4 is 0 Å². The maximum Gasteiger partial charge on any atom is 0.164 e. The zero-order valence-corrected chi connectivity index (χ0v) is 31.2. The van der Waals surface area contributed by atoms with Gasteiger partial charge >= 0.3 is 0 Å². The molecular formula is C42H47N9. The van der Waals surface area contributed by atoms with Crippen LogP contribution in [0.25, 0.3) is 79.4 Å². The molecule has 0 atom stereocenters. The molecule has 2 aromatic carbocycles. The Morgan fingerprint density at radius 1 is 0.569 bits per heavy atom. The molecule has 7 rings (SSSR count). The van der Waals surface area contributed by atoms with Gasteiger partial charge in [0.25, 0.3) is 0 Å². The Labute approximate surface area is 301 Å². The molecule has 0 saturated carbocycles. The van der Waals surface area contributed by atoms with Crippen molar-refractivity contribution in [3.63, 3.8) is 0 Å². The van der Waals surface area contributed by atoms with Gasteiger partial charge in [-0.3, -0.25) is 0 Å². The van der Waals surface area contributed by atoms with Crippen LogP contribution in [-0.4, -0.2) is 39.9 Å².